The second-order valence-corrected chi connectivity index (χ2v) is 5.14. The van der Waals surface area contributed by atoms with Crippen molar-refractivity contribution in [3.05, 3.63) is 47.8 Å². The lowest BCUT2D eigenvalue weighted by molar-refractivity contribution is 0.403. The summed E-state index contributed by atoms with van der Waals surface area (Å²) in [4.78, 5) is 0. The molecule has 0 radical (unpaired) electrons. The van der Waals surface area contributed by atoms with E-state index in [0.29, 0.717) is 0 Å². The van der Waals surface area contributed by atoms with Gasteiger partial charge in [0.25, 0.3) is 0 Å². The predicted octanol–water partition coefficient (Wildman–Crippen LogP) is 3.79. The first-order valence-electron chi connectivity index (χ1n) is 6.06. The molecule has 0 aliphatic heterocycles. The van der Waals surface area contributed by atoms with E-state index < -0.39 is 0 Å². The summed E-state index contributed by atoms with van der Waals surface area (Å²) in [5, 5.41) is 0. The SMILES string of the molecule is C=C(CC)CC(N)C(C)(C)c1ccc(F)cc1. The van der Waals surface area contributed by atoms with E-state index in [4.69, 9.17) is 5.73 Å². The minimum atomic E-state index is -0.212. The van der Waals surface area contributed by atoms with E-state index in [9.17, 15) is 4.39 Å². The van der Waals surface area contributed by atoms with E-state index in [-0.39, 0.29) is 17.3 Å². The van der Waals surface area contributed by atoms with Crippen LogP contribution in [-0.4, -0.2) is 6.04 Å². The number of hydrogen-bond acceptors (Lipinski definition) is 1. The highest BCUT2D eigenvalue weighted by Crippen LogP contribution is 2.29. The van der Waals surface area contributed by atoms with E-state index >= 15 is 0 Å². The van der Waals surface area contributed by atoms with Crippen LogP contribution in [0.25, 0.3) is 0 Å². The van der Waals surface area contributed by atoms with Gasteiger partial charge in [0.2, 0.25) is 0 Å². The Kier molecular flexibility index (Phi) is 4.47. The lowest BCUT2D eigenvalue weighted by atomic mass is 9.76. The zero-order valence-electron chi connectivity index (χ0n) is 11.0. The van der Waals surface area contributed by atoms with Crippen LogP contribution in [0.4, 0.5) is 4.39 Å². The average Bonchev–Trinajstić information content (AvgIpc) is 2.29. The topological polar surface area (TPSA) is 26.0 Å². The van der Waals surface area contributed by atoms with E-state index in [0.717, 1.165) is 24.0 Å². The largest absolute Gasteiger partial charge is 0.327 e. The molecule has 0 aromatic heterocycles. The average molecular weight is 235 g/mol. The number of halogens is 1. The van der Waals surface area contributed by atoms with Gasteiger partial charge in [-0.2, -0.15) is 0 Å². The Hall–Kier alpha value is -1.15. The zero-order chi connectivity index (χ0) is 13.1. The van der Waals surface area contributed by atoms with Crippen molar-refractivity contribution in [3.8, 4) is 0 Å². The minimum Gasteiger partial charge on any atom is -0.327 e. The van der Waals surface area contributed by atoms with Crippen molar-refractivity contribution in [1.29, 1.82) is 0 Å². The number of benzene rings is 1. The first-order valence-corrected chi connectivity index (χ1v) is 6.06. The number of hydrogen-bond donors (Lipinski definition) is 1. The third-order valence-corrected chi connectivity index (χ3v) is 3.52. The lowest BCUT2D eigenvalue weighted by Crippen LogP contribution is -2.41. The molecule has 0 fully saturated rings. The summed E-state index contributed by atoms with van der Waals surface area (Å²) >= 11 is 0. The lowest BCUT2D eigenvalue weighted by Gasteiger charge is -2.32. The minimum absolute atomic E-state index is 0.000381. The maximum Gasteiger partial charge on any atom is 0.123 e. The van der Waals surface area contributed by atoms with Crippen LogP contribution in [0.15, 0.2) is 36.4 Å². The first kappa shape index (κ1) is 13.9. The summed E-state index contributed by atoms with van der Waals surface area (Å²) in [5.74, 6) is -0.212. The molecule has 2 heteroatoms. The second kappa shape index (κ2) is 5.46. The van der Waals surface area contributed by atoms with Crippen LogP contribution in [0, 0.1) is 5.82 Å². The molecule has 0 amide bonds. The van der Waals surface area contributed by atoms with Crippen LogP contribution < -0.4 is 5.73 Å². The molecule has 2 N–H and O–H groups in total. The highest BCUT2D eigenvalue weighted by Gasteiger charge is 2.28. The number of nitrogens with two attached hydrogens (primary N) is 1. The highest BCUT2D eigenvalue weighted by molar-refractivity contribution is 5.27. The third kappa shape index (κ3) is 3.40. The standard InChI is InChI=1S/C15H22FN/c1-5-11(2)10-14(17)15(3,4)12-6-8-13(16)9-7-12/h6-9,14H,2,5,10,17H2,1,3-4H3. The Labute approximate surface area is 104 Å². The molecule has 1 nitrogen and oxygen atoms in total. The molecule has 17 heavy (non-hydrogen) atoms. The Morgan fingerprint density at radius 1 is 1.35 bits per heavy atom. The molecule has 0 bridgehead atoms. The molecule has 0 spiro atoms. The van der Waals surface area contributed by atoms with Crippen LogP contribution in [0.2, 0.25) is 0 Å². The van der Waals surface area contributed by atoms with Crippen molar-refractivity contribution in [2.45, 2.75) is 45.1 Å². The van der Waals surface area contributed by atoms with Gasteiger partial charge in [0.05, 0.1) is 0 Å². The van der Waals surface area contributed by atoms with Crippen LogP contribution in [0.1, 0.15) is 39.2 Å². The Balaban J connectivity index is 2.86. The summed E-state index contributed by atoms with van der Waals surface area (Å²) in [6, 6.07) is 6.59. The van der Waals surface area contributed by atoms with E-state index in [1.165, 1.54) is 12.1 Å². The van der Waals surface area contributed by atoms with Gasteiger partial charge in [0.15, 0.2) is 0 Å². The van der Waals surface area contributed by atoms with Crippen molar-refractivity contribution in [2.75, 3.05) is 0 Å². The van der Waals surface area contributed by atoms with Gasteiger partial charge in [-0.05, 0) is 30.5 Å². The molecule has 1 unspecified atom stereocenters. The fourth-order valence-corrected chi connectivity index (χ4v) is 1.80. The van der Waals surface area contributed by atoms with Gasteiger partial charge in [0.1, 0.15) is 5.82 Å². The molecule has 0 saturated heterocycles. The van der Waals surface area contributed by atoms with Crippen molar-refractivity contribution in [3.63, 3.8) is 0 Å². The summed E-state index contributed by atoms with van der Waals surface area (Å²) in [7, 11) is 0. The maximum absolute atomic E-state index is 12.9. The van der Waals surface area contributed by atoms with Crippen LogP contribution in [0.3, 0.4) is 0 Å². The first-order chi connectivity index (χ1) is 7.87. The van der Waals surface area contributed by atoms with E-state index in [2.05, 4.69) is 27.4 Å². The van der Waals surface area contributed by atoms with Crippen molar-refractivity contribution in [1.82, 2.24) is 0 Å². The normalized spacial score (nSPS) is 13.5. The van der Waals surface area contributed by atoms with Crippen molar-refractivity contribution < 1.29 is 4.39 Å². The molecule has 1 aromatic rings. The fourth-order valence-electron chi connectivity index (χ4n) is 1.80. The zero-order valence-corrected chi connectivity index (χ0v) is 11.0. The molecule has 0 aliphatic carbocycles. The predicted molar refractivity (Wildman–Crippen MR) is 71.4 cm³/mol. The Morgan fingerprint density at radius 2 is 1.88 bits per heavy atom. The molecule has 1 aromatic carbocycles. The molecule has 0 saturated carbocycles. The van der Waals surface area contributed by atoms with Gasteiger partial charge in [-0.1, -0.05) is 45.1 Å². The molecule has 0 heterocycles. The fraction of sp³-hybridized carbons (Fsp3) is 0.467. The Bertz CT molecular complexity index is 378. The van der Waals surface area contributed by atoms with Gasteiger partial charge in [-0.15, -0.1) is 0 Å². The maximum atomic E-state index is 12.9. The summed E-state index contributed by atoms with van der Waals surface area (Å²) < 4.78 is 12.9. The van der Waals surface area contributed by atoms with Crippen molar-refractivity contribution in [2.24, 2.45) is 5.73 Å². The van der Waals surface area contributed by atoms with Crippen molar-refractivity contribution >= 4 is 0 Å². The van der Waals surface area contributed by atoms with Gasteiger partial charge in [0, 0.05) is 11.5 Å². The molecule has 1 atom stereocenters. The summed E-state index contributed by atoms with van der Waals surface area (Å²) in [5.41, 5.74) is 8.29. The third-order valence-electron chi connectivity index (χ3n) is 3.52. The monoisotopic (exact) mass is 235 g/mol. The summed E-state index contributed by atoms with van der Waals surface area (Å²) in [6.07, 6.45) is 1.76. The summed E-state index contributed by atoms with van der Waals surface area (Å²) in [6.45, 7) is 10.3. The van der Waals surface area contributed by atoms with Crippen LogP contribution in [-0.2, 0) is 5.41 Å². The second-order valence-electron chi connectivity index (χ2n) is 5.14. The van der Waals surface area contributed by atoms with Crippen LogP contribution in [0.5, 0.6) is 0 Å². The molecule has 1 rings (SSSR count). The number of rotatable bonds is 5. The van der Waals surface area contributed by atoms with Gasteiger partial charge < -0.3 is 5.73 Å². The van der Waals surface area contributed by atoms with Gasteiger partial charge in [-0.25, -0.2) is 4.39 Å². The molecule has 94 valence electrons. The van der Waals surface area contributed by atoms with Gasteiger partial charge >= 0.3 is 0 Å². The smallest absolute Gasteiger partial charge is 0.123 e. The quantitative estimate of drug-likeness (QED) is 0.772. The molecular weight excluding hydrogens is 213 g/mol. The van der Waals surface area contributed by atoms with E-state index in [1.807, 2.05) is 12.1 Å². The highest BCUT2D eigenvalue weighted by atomic mass is 19.1. The molecule has 0 aliphatic rings. The Morgan fingerprint density at radius 3 is 2.35 bits per heavy atom. The van der Waals surface area contributed by atoms with E-state index in [1.54, 1.807) is 0 Å². The molecular formula is C15H22FN. The van der Waals surface area contributed by atoms with Crippen LogP contribution >= 0.6 is 0 Å². The van der Waals surface area contributed by atoms with Gasteiger partial charge in [-0.3, -0.25) is 0 Å².